The maximum Gasteiger partial charge on any atom is 0.223 e. The molecule has 16 heavy (non-hydrogen) atoms. The molecule has 0 aliphatic carbocycles. The minimum absolute atomic E-state index is 0.00519. The molecule has 0 bridgehead atoms. The number of rotatable bonds is 3. The fraction of sp³-hybridized carbons (Fsp3) is 0.909. The summed E-state index contributed by atoms with van der Waals surface area (Å²) in [6.45, 7) is 3.72. The van der Waals surface area contributed by atoms with Crippen molar-refractivity contribution >= 4 is 5.91 Å². The number of nitrogens with one attached hydrogen (secondary N) is 1. The Morgan fingerprint density at radius 2 is 2.44 bits per heavy atom. The van der Waals surface area contributed by atoms with E-state index in [2.05, 4.69) is 5.32 Å². The molecule has 0 saturated carbocycles. The second-order valence-electron chi connectivity index (χ2n) is 4.58. The highest BCUT2D eigenvalue weighted by atomic mass is 16.5. The number of amides is 1. The molecular weight excluding hydrogens is 208 g/mol. The van der Waals surface area contributed by atoms with Crippen LogP contribution in [0.5, 0.6) is 0 Å². The molecule has 0 aromatic carbocycles. The maximum absolute atomic E-state index is 12.0. The maximum atomic E-state index is 12.0. The van der Waals surface area contributed by atoms with E-state index in [0.29, 0.717) is 32.0 Å². The number of aliphatic hydroxyl groups is 1. The largest absolute Gasteiger partial charge is 0.394 e. The van der Waals surface area contributed by atoms with E-state index in [1.807, 2.05) is 4.90 Å². The number of nitrogens with zero attached hydrogens (tertiary/aromatic N) is 1. The van der Waals surface area contributed by atoms with Crippen molar-refractivity contribution in [2.75, 3.05) is 39.4 Å². The third kappa shape index (κ3) is 2.93. The monoisotopic (exact) mass is 228 g/mol. The minimum Gasteiger partial charge on any atom is -0.394 e. The third-order valence-electron chi connectivity index (χ3n) is 3.32. The van der Waals surface area contributed by atoms with E-state index in [0.717, 1.165) is 19.5 Å². The predicted molar refractivity (Wildman–Crippen MR) is 59.0 cm³/mol. The van der Waals surface area contributed by atoms with Crippen LogP contribution in [0.25, 0.3) is 0 Å². The number of carbonyl (C=O) groups is 1. The molecular formula is C11H20N2O3. The van der Waals surface area contributed by atoms with Crippen LogP contribution in [0.3, 0.4) is 0 Å². The number of hydrogen-bond donors (Lipinski definition) is 2. The van der Waals surface area contributed by atoms with Gasteiger partial charge in [0.2, 0.25) is 5.91 Å². The smallest absolute Gasteiger partial charge is 0.223 e. The Kier molecular flexibility index (Phi) is 4.15. The topological polar surface area (TPSA) is 61.8 Å². The first-order valence-electron chi connectivity index (χ1n) is 6.00. The van der Waals surface area contributed by atoms with Gasteiger partial charge in [-0.15, -0.1) is 0 Å². The molecule has 92 valence electrons. The van der Waals surface area contributed by atoms with Gasteiger partial charge in [0, 0.05) is 19.5 Å². The van der Waals surface area contributed by atoms with Gasteiger partial charge in [0.15, 0.2) is 0 Å². The lowest BCUT2D eigenvalue weighted by Gasteiger charge is -2.32. The number of hydrogen-bond acceptors (Lipinski definition) is 4. The number of ether oxygens (including phenoxy) is 1. The molecule has 0 radical (unpaired) electrons. The van der Waals surface area contributed by atoms with Gasteiger partial charge in [-0.3, -0.25) is 4.79 Å². The fourth-order valence-electron chi connectivity index (χ4n) is 2.32. The molecule has 2 atom stereocenters. The highest BCUT2D eigenvalue weighted by Crippen LogP contribution is 2.15. The summed E-state index contributed by atoms with van der Waals surface area (Å²) >= 11 is 0. The first kappa shape index (κ1) is 11.8. The van der Waals surface area contributed by atoms with Gasteiger partial charge in [0.1, 0.15) is 0 Å². The van der Waals surface area contributed by atoms with Crippen molar-refractivity contribution in [3.05, 3.63) is 0 Å². The zero-order chi connectivity index (χ0) is 11.4. The van der Waals surface area contributed by atoms with Crippen LogP contribution in [0.15, 0.2) is 0 Å². The second-order valence-corrected chi connectivity index (χ2v) is 4.58. The Balaban J connectivity index is 1.79. The van der Waals surface area contributed by atoms with Crippen LogP contribution in [-0.4, -0.2) is 61.4 Å². The number of morpholine rings is 1. The Morgan fingerprint density at radius 3 is 3.12 bits per heavy atom. The van der Waals surface area contributed by atoms with Crippen LogP contribution < -0.4 is 5.32 Å². The molecule has 2 rings (SSSR count). The van der Waals surface area contributed by atoms with E-state index in [1.165, 1.54) is 0 Å². The van der Waals surface area contributed by atoms with E-state index >= 15 is 0 Å². The van der Waals surface area contributed by atoms with Crippen LogP contribution in [0, 0.1) is 5.92 Å². The highest BCUT2D eigenvalue weighted by molar-refractivity contribution is 5.76. The molecule has 5 nitrogen and oxygen atoms in total. The van der Waals surface area contributed by atoms with Crippen molar-refractivity contribution in [3.8, 4) is 0 Å². The molecule has 2 N–H and O–H groups in total. The van der Waals surface area contributed by atoms with Crippen molar-refractivity contribution in [1.82, 2.24) is 10.2 Å². The zero-order valence-corrected chi connectivity index (χ0v) is 9.52. The van der Waals surface area contributed by atoms with Gasteiger partial charge >= 0.3 is 0 Å². The van der Waals surface area contributed by atoms with Crippen molar-refractivity contribution in [3.63, 3.8) is 0 Å². The van der Waals surface area contributed by atoms with E-state index in [-0.39, 0.29) is 18.6 Å². The van der Waals surface area contributed by atoms with Crippen LogP contribution in [-0.2, 0) is 9.53 Å². The van der Waals surface area contributed by atoms with Crippen LogP contribution in [0.4, 0.5) is 0 Å². The minimum atomic E-state index is -0.195. The van der Waals surface area contributed by atoms with Gasteiger partial charge in [0.05, 0.1) is 19.3 Å². The first-order chi connectivity index (χ1) is 7.79. The van der Waals surface area contributed by atoms with E-state index in [9.17, 15) is 4.79 Å². The summed E-state index contributed by atoms with van der Waals surface area (Å²) in [6, 6.07) is 0. The van der Waals surface area contributed by atoms with Gasteiger partial charge in [-0.1, -0.05) is 0 Å². The molecule has 2 aliphatic heterocycles. The standard InChI is InChI=1S/C11H20N2O3/c14-8-10-7-13(3-4-16-10)11(15)5-9-1-2-12-6-9/h9-10,12,14H,1-8H2. The first-order valence-corrected chi connectivity index (χ1v) is 6.00. The lowest BCUT2D eigenvalue weighted by Crippen LogP contribution is -2.47. The molecule has 0 spiro atoms. The van der Waals surface area contributed by atoms with Crippen molar-refractivity contribution in [2.45, 2.75) is 18.9 Å². The molecule has 0 aromatic heterocycles. The molecule has 2 saturated heterocycles. The lowest BCUT2D eigenvalue weighted by molar-refractivity contribution is -0.141. The number of carbonyl (C=O) groups excluding carboxylic acids is 1. The summed E-state index contributed by atoms with van der Waals surface area (Å²) < 4.78 is 5.32. The summed E-state index contributed by atoms with van der Waals surface area (Å²) in [5.74, 6) is 0.693. The van der Waals surface area contributed by atoms with Gasteiger partial charge in [-0.05, 0) is 25.4 Å². The molecule has 2 unspecified atom stereocenters. The molecule has 1 amide bonds. The van der Waals surface area contributed by atoms with Crippen molar-refractivity contribution in [1.29, 1.82) is 0 Å². The Hall–Kier alpha value is -0.650. The van der Waals surface area contributed by atoms with Gasteiger partial charge < -0.3 is 20.1 Å². The highest BCUT2D eigenvalue weighted by Gasteiger charge is 2.26. The van der Waals surface area contributed by atoms with Crippen molar-refractivity contribution < 1.29 is 14.6 Å². The Bertz CT molecular complexity index is 241. The fourth-order valence-corrected chi connectivity index (χ4v) is 2.32. The Labute approximate surface area is 95.8 Å². The van der Waals surface area contributed by atoms with Crippen molar-refractivity contribution in [2.24, 2.45) is 5.92 Å². The molecule has 0 aromatic rings. The molecule has 5 heteroatoms. The lowest BCUT2D eigenvalue weighted by atomic mass is 10.0. The summed E-state index contributed by atoms with van der Waals surface area (Å²) in [5, 5.41) is 12.3. The summed E-state index contributed by atoms with van der Waals surface area (Å²) in [7, 11) is 0. The Morgan fingerprint density at radius 1 is 1.56 bits per heavy atom. The SMILES string of the molecule is O=C(CC1CCNC1)N1CCOC(CO)C1. The van der Waals surface area contributed by atoms with Gasteiger partial charge in [-0.25, -0.2) is 0 Å². The van der Waals surface area contributed by atoms with Crippen LogP contribution in [0.1, 0.15) is 12.8 Å². The second kappa shape index (κ2) is 5.61. The average molecular weight is 228 g/mol. The predicted octanol–water partition coefficient (Wildman–Crippen LogP) is -0.794. The van der Waals surface area contributed by atoms with E-state index in [1.54, 1.807) is 0 Å². The molecule has 2 heterocycles. The summed E-state index contributed by atoms with van der Waals surface area (Å²) in [4.78, 5) is 13.8. The third-order valence-corrected chi connectivity index (χ3v) is 3.32. The van der Waals surface area contributed by atoms with Gasteiger partial charge in [-0.2, -0.15) is 0 Å². The van der Waals surface area contributed by atoms with E-state index in [4.69, 9.17) is 9.84 Å². The van der Waals surface area contributed by atoms with E-state index < -0.39 is 0 Å². The zero-order valence-electron chi connectivity index (χ0n) is 9.52. The average Bonchev–Trinajstić information content (AvgIpc) is 2.82. The molecule has 2 aliphatic rings. The van der Waals surface area contributed by atoms with Gasteiger partial charge in [0.25, 0.3) is 0 Å². The van der Waals surface area contributed by atoms with Crippen LogP contribution in [0.2, 0.25) is 0 Å². The number of aliphatic hydroxyl groups excluding tert-OH is 1. The summed E-state index contributed by atoms with van der Waals surface area (Å²) in [6.07, 6.45) is 1.53. The normalized spacial score (nSPS) is 30.7. The summed E-state index contributed by atoms with van der Waals surface area (Å²) in [5.41, 5.74) is 0. The van der Waals surface area contributed by atoms with Crippen LogP contribution >= 0.6 is 0 Å². The molecule has 2 fully saturated rings. The quantitative estimate of drug-likeness (QED) is 0.664.